The average Bonchev–Trinajstić information content (AvgIpc) is 2.60. The molecule has 5 heteroatoms. The van der Waals surface area contributed by atoms with Crippen LogP contribution < -0.4 is 11.1 Å². The highest BCUT2D eigenvalue weighted by molar-refractivity contribution is 9.11. The van der Waals surface area contributed by atoms with Crippen LogP contribution in [-0.4, -0.2) is 19.0 Å². The Hall–Kier alpha value is -0.390. The van der Waals surface area contributed by atoms with Gasteiger partial charge in [0, 0.05) is 11.4 Å². The Morgan fingerprint density at radius 1 is 1.67 bits per heavy atom. The molecule has 0 aromatic carbocycles. The summed E-state index contributed by atoms with van der Waals surface area (Å²) in [5, 5.41) is 2.86. The smallest absolute Gasteiger partial charge is 0.225 e. The molecule has 0 fully saturated rings. The first kappa shape index (κ1) is 12.7. The van der Waals surface area contributed by atoms with Crippen LogP contribution in [0, 0.1) is 5.92 Å². The molecule has 0 spiro atoms. The third-order valence-corrected chi connectivity index (χ3v) is 3.64. The van der Waals surface area contributed by atoms with E-state index in [1.165, 1.54) is 0 Å². The van der Waals surface area contributed by atoms with Gasteiger partial charge in [0.25, 0.3) is 0 Å². The summed E-state index contributed by atoms with van der Waals surface area (Å²) in [6.45, 7) is 3.27. The van der Waals surface area contributed by atoms with Crippen molar-refractivity contribution >= 4 is 33.2 Å². The van der Waals surface area contributed by atoms with Crippen LogP contribution in [0.5, 0.6) is 0 Å². The van der Waals surface area contributed by atoms with Crippen LogP contribution in [-0.2, 0) is 11.2 Å². The van der Waals surface area contributed by atoms with Gasteiger partial charge in [-0.2, -0.15) is 0 Å². The second-order valence-corrected chi connectivity index (χ2v) is 6.08. The summed E-state index contributed by atoms with van der Waals surface area (Å²) in [7, 11) is 0. The van der Waals surface area contributed by atoms with Gasteiger partial charge in [-0.1, -0.05) is 6.92 Å². The minimum absolute atomic E-state index is 0.0599. The maximum atomic E-state index is 11.5. The summed E-state index contributed by atoms with van der Waals surface area (Å²) in [5.41, 5.74) is 5.46. The first-order valence-corrected chi connectivity index (χ1v) is 6.43. The summed E-state index contributed by atoms with van der Waals surface area (Å²) in [6, 6.07) is 3.91. The lowest BCUT2D eigenvalue weighted by atomic mass is 10.2. The monoisotopic (exact) mass is 290 g/mol. The van der Waals surface area contributed by atoms with Crippen molar-refractivity contribution in [2.45, 2.75) is 13.3 Å². The molecule has 1 rings (SSSR count). The Bertz CT molecular complexity index is 327. The first-order chi connectivity index (χ1) is 7.11. The molecular weight excluding hydrogens is 276 g/mol. The molecule has 0 saturated heterocycles. The van der Waals surface area contributed by atoms with E-state index in [0.29, 0.717) is 25.4 Å². The largest absolute Gasteiger partial charge is 0.355 e. The zero-order valence-corrected chi connectivity index (χ0v) is 11.0. The molecule has 1 amide bonds. The van der Waals surface area contributed by atoms with E-state index in [0.717, 1.165) is 8.66 Å². The first-order valence-electron chi connectivity index (χ1n) is 4.82. The van der Waals surface area contributed by atoms with Crippen molar-refractivity contribution in [3.8, 4) is 0 Å². The SMILES string of the molecule is CC(CN)CNC(=O)Cc1ccc(Br)s1. The fraction of sp³-hybridized carbons (Fsp3) is 0.500. The van der Waals surface area contributed by atoms with E-state index in [4.69, 9.17) is 5.73 Å². The van der Waals surface area contributed by atoms with Crippen LogP contribution in [0.2, 0.25) is 0 Å². The predicted octanol–water partition coefficient (Wildman–Crippen LogP) is 1.76. The molecule has 0 bridgehead atoms. The Morgan fingerprint density at radius 2 is 2.40 bits per heavy atom. The van der Waals surface area contributed by atoms with Crippen molar-refractivity contribution in [2.24, 2.45) is 11.7 Å². The highest BCUT2D eigenvalue weighted by atomic mass is 79.9. The Morgan fingerprint density at radius 3 is 2.93 bits per heavy atom. The van der Waals surface area contributed by atoms with Crippen LogP contribution in [0.1, 0.15) is 11.8 Å². The number of halogens is 1. The van der Waals surface area contributed by atoms with E-state index >= 15 is 0 Å². The number of rotatable bonds is 5. The molecule has 3 nitrogen and oxygen atoms in total. The van der Waals surface area contributed by atoms with Crippen molar-refractivity contribution in [3.05, 3.63) is 20.8 Å². The maximum absolute atomic E-state index is 11.5. The van der Waals surface area contributed by atoms with E-state index in [-0.39, 0.29) is 5.91 Å². The van der Waals surface area contributed by atoms with Gasteiger partial charge in [-0.25, -0.2) is 0 Å². The normalized spacial score (nSPS) is 12.5. The molecule has 0 saturated carbocycles. The molecule has 3 N–H and O–H groups in total. The zero-order valence-electron chi connectivity index (χ0n) is 8.63. The van der Waals surface area contributed by atoms with Crippen LogP contribution >= 0.6 is 27.3 Å². The van der Waals surface area contributed by atoms with E-state index < -0.39 is 0 Å². The second-order valence-electron chi connectivity index (χ2n) is 3.53. The minimum atomic E-state index is 0.0599. The number of thiophene rings is 1. The number of carbonyl (C=O) groups is 1. The highest BCUT2D eigenvalue weighted by Gasteiger charge is 2.06. The molecule has 0 aliphatic rings. The Kier molecular flexibility index (Phi) is 5.28. The number of nitrogens with one attached hydrogen (secondary N) is 1. The average molecular weight is 291 g/mol. The highest BCUT2D eigenvalue weighted by Crippen LogP contribution is 2.22. The summed E-state index contributed by atoms with van der Waals surface area (Å²) >= 11 is 4.95. The zero-order chi connectivity index (χ0) is 11.3. The molecule has 1 aromatic rings. The molecule has 0 aliphatic heterocycles. The molecule has 1 atom stereocenters. The lowest BCUT2D eigenvalue weighted by molar-refractivity contribution is -0.120. The van der Waals surface area contributed by atoms with Crippen LogP contribution in [0.15, 0.2) is 15.9 Å². The fourth-order valence-corrected chi connectivity index (χ4v) is 2.52. The van der Waals surface area contributed by atoms with Gasteiger partial charge in [-0.05, 0) is 40.5 Å². The Labute approximate surface area is 102 Å². The van der Waals surface area contributed by atoms with Gasteiger partial charge in [-0.15, -0.1) is 11.3 Å². The standard InChI is InChI=1S/C10H15BrN2OS/c1-7(5-12)6-13-10(14)4-8-2-3-9(11)15-8/h2-3,7H,4-6,12H2,1H3,(H,13,14). The van der Waals surface area contributed by atoms with Crippen LogP contribution in [0.25, 0.3) is 0 Å². The molecule has 1 aromatic heterocycles. The summed E-state index contributed by atoms with van der Waals surface area (Å²) in [4.78, 5) is 12.6. The van der Waals surface area contributed by atoms with Gasteiger partial charge in [0.2, 0.25) is 5.91 Å². The van der Waals surface area contributed by atoms with Gasteiger partial charge in [0.05, 0.1) is 10.2 Å². The van der Waals surface area contributed by atoms with Crippen LogP contribution in [0.3, 0.4) is 0 Å². The van der Waals surface area contributed by atoms with Gasteiger partial charge in [0.15, 0.2) is 0 Å². The topological polar surface area (TPSA) is 55.1 Å². The van der Waals surface area contributed by atoms with E-state index in [1.807, 2.05) is 19.1 Å². The van der Waals surface area contributed by atoms with Crippen molar-refractivity contribution in [1.82, 2.24) is 5.32 Å². The Balaban J connectivity index is 2.30. The number of hydrogen-bond acceptors (Lipinski definition) is 3. The van der Waals surface area contributed by atoms with Crippen molar-refractivity contribution in [1.29, 1.82) is 0 Å². The van der Waals surface area contributed by atoms with Crippen molar-refractivity contribution in [2.75, 3.05) is 13.1 Å². The quantitative estimate of drug-likeness (QED) is 0.868. The number of hydrogen-bond donors (Lipinski definition) is 2. The second kappa shape index (κ2) is 6.25. The van der Waals surface area contributed by atoms with Gasteiger partial charge >= 0.3 is 0 Å². The molecule has 0 aliphatic carbocycles. The van der Waals surface area contributed by atoms with E-state index in [9.17, 15) is 4.79 Å². The van der Waals surface area contributed by atoms with Crippen molar-refractivity contribution in [3.63, 3.8) is 0 Å². The number of amides is 1. The molecule has 1 unspecified atom stereocenters. The summed E-state index contributed by atoms with van der Waals surface area (Å²) in [5.74, 6) is 0.397. The van der Waals surface area contributed by atoms with E-state index in [2.05, 4.69) is 21.2 Å². The van der Waals surface area contributed by atoms with Gasteiger partial charge < -0.3 is 11.1 Å². The third-order valence-electron chi connectivity index (χ3n) is 2.01. The molecular formula is C10H15BrN2OS. The lowest BCUT2D eigenvalue weighted by Crippen LogP contribution is -2.32. The van der Waals surface area contributed by atoms with Gasteiger partial charge in [-0.3, -0.25) is 4.79 Å². The third kappa shape index (κ3) is 4.77. The number of carbonyl (C=O) groups excluding carboxylic acids is 1. The molecule has 1 heterocycles. The lowest BCUT2D eigenvalue weighted by Gasteiger charge is -2.09. The van der Waals surface area contributed by atoms with Crippen LogP contribution in [0.4, 0.5) is 0 Å². The fourth-order valence-electron chi connectivity index (χ4n) is 1.04. The predicted molar refractivity (Wildman–Crippen MR) is 67.0 cm³/mol. The molecule has 0 radical (unpaired) electrons. The number of nitrogens with two attached hydrogens (primary N) is 1. The van der Waals surface area contributed by atoms with E-state index in [1.54, 1.807) is 11.3 Å². The summed E-state index contributed by atoms with van der Waals surface area (Å²) in [6.07, 6.45) is 0.452. The van der Waals surface area contributed by atoms with Gasteiger partial charge in [0.1, 0.15) is 0 Å². The minimum Gasteiger partial charge on any atom is -0.355 e. The maximum Gasteiger partial charge on any atom is 0.225 e. The molecule has 15 heavy (non-hydrogen) atoms. The molecule has 84 valence electrons. The van der Waals surface area contributed by atoms with Crippen molar-refractivity contribution < 1.29 is 4.79 Å². The summed E-state index contributed by atoms with van der Waals surface area (Å²) < 4.78 is 1.06.